The normalized spacial score (nSPS) is 14.6. The molecule has 102 valence electrons. The van der Waals surface area contributed by atoms with E-state index in [1.165, 1.54) is 5.56 Å². The van der Waals surface area contributed by atoms with Crippen molar-refractivity contribution < 1.29 is 4.79 Å². The highest BCUT2D eigenvalue weighted by Gasteiger charge is 2.22. The molecule has 1 aromatic carbocycles. The van der Waals surface area contributed by atoms with Gasteiger partial charge in [-0.1, -0.05) is 50.1 Å². The van der Waals surface area contributed by atoms with Crippen LogP contribution in [0.3, 0.4) is 0 Å². The molecule has 0 bridgehead atoms. The third kappa shape index (κ3) is 3.91. The zero-order valence-corrected chi connectivity index (χ0v) is 11.6. The van der Waals surface area contributed by atoms with Gasteiger partial charge in [0.25, 0.3) is 0 Å². The van der Waals surface area contributed by atoms with E-state index in [-0.39, 0.29) is 5.78 Å². The van der Waals surface area contributed by atoms with Gasteiger partial charge in [-0.05, 0) is 12.0 Å². The molecular formula is C16H22N2O. The molecule has 0 atom stereocenters. The van der Waals surface area contributed by atoms with E-state index in [1.54, 1.807) is 0 Å². The quantitative estimate of drug-likeness (QED) is 0.704. The maximum absolute atomic E-state index is 12.1. The van der Waals surface area contributed by atoms with E-state index in [9.17, 15) is 4.79 Å². The molecule has 0 spiro atoms. The van der Waals surface area contributed by atoms with Crippen LogP contribution >= 0.6 is 0 Å². The van der Waals surface area contributed by atoms with Crippen LogP contribution < -0.4 is 0 Å². The summed E-state index contributed by atoms with van der Waals surface area (Å²) >= 11 is 0. The van der Waals surface area contributed by atoms with Crippen LogP contribution in [-0.2, 0) is 11.3 Å². The van der Waals surface area contributed by atoms with E-state index < -0.39 is 0 Å². The number of carbonyl (C=O) groups is 1. The molecular weight excluding hydrogens is 236 g/mol. The Hall–Kier alpha value is -1.64. The number of rotatable bonds is 7. The van der Waals surface area contributed by atoms with Gasteiger partial charge in [0.2, 0.25) is 0 Å². The monoisotopic (exact) mass is 258 g/mol. The predicted molar refractivity (Wildman–Crippen MR) is 78.3 cm³/mol. The number of hydrogen-bond acceptors (Lipinski definition) is 3. The van der Waals surface area contributed by atoms with Crippen molar-refractivity contribution in [1.29, 1.82) is 0 Å². The number of ketones is 1. The molecule has 0 fully saturated rings. The smallest absolute Gasteiger partial charge is 0.197 e. The summed E-state index contributed by atoms with van der Waals surface area (Å²) in [5.74, 6) is 0.904. The number of aliphatic imine (C=N–C) groups is 1. The molecule has 0 saturated heterocycles. The Bertz CT molecular complexity index is 439. The van der Waals surface area contributed by atoms with Crippen molar-refractivity contribution in [2.75, 3.05) is 13.1 Å². The molecule has 0 unspecified atom stereocenters. The summed E-state index contributed by atoms with van der Waals surface area (Å²) < 4.78 is 0. The van der Waals surface area contributed by atoms with Crippen molar-refractivity contribution in [2.24, 2.45) is 4.99 Å². The zero-order valence-electron chi connectivity index (χ0n) is 11.6. The summed E-state index contributed by atoms with van der Waals surface area (Å²) in [5.41, 5.74) is 1.23. The van der Waals surface area contributed by atoms with Crippen LogP contribution in [0.25, 0.3) is 0 Å². The summed E-state index contributed by atoms with van der Waals surface area (Å²) in [6, 6.07) is 10.3. The Labute approximate surface area is 115 Å². The minimum atomic E-state index is 0.210. The molecule has 3 nitrogen and oxygen atoms in total. The highest BCUT2D eigenvalue weighted by atomic mass is 16.1. The fraction of sp³-hybridized carbons (Fsp3) is 0.500. The third-order valence-electron chi connectivity index (χ3n) is 3.40. The van der Waals surface area contributed by atoms with Crippen molar-refractivity contribution in [1.82, 2.24) is 4.90 Å². The Balaban J connectivity index is 1.91. The van der Waals surface area contributed by atoms with Gasteiger partial charge in [-0.2, -0.15) is 0 Å². The number of amidine groups is 1. The average Bonchev–Trinajstić information content (AvgIpc) is 2.88. The number of Topliss-reactive ketones (excluding diaryl/α,β-unsaturated/α-hetero) is 1. The molecule has 0 radical (unpaired) electrons. The lowest BCUT2D eigenvalue weighted by Crippen LogP contribution is -2.33. The van der Waals surface area contributed by atoms with E-state index >= 15 is 0 Å². The van der Waals surface area contributed by atoms with E-state index in [1.807, 2.05) is 18.2 Å². The van der Waals surface area contributed by atoms with Gasteiger partial charge in [0.1, 0.15) is 0 Å². The van der Waals surface area contributed by atoms with Crippen LogP contribution in [-0.4, -0.2) is 29.6 Å². The molecule has 1 heterocycles. The highest BCUT2D eigenvalue weighted by molar-refractivity contribution is 6.39. The maximum atomic E-state index is 12.1. The molecule has 19 heavy (non-hydrogen) atoms. The summed E-state index contributed by atoms with van der Waals surface area (Å²) in [5, 5.41) is 0. The van der Waals surface area contributed by atoms with Crippen LogP contribution in [0.15, 0.2) is 35.3 Å². The number of unbranched alkanes of at least 4 members (excludes halogenated alkanes) is 2. The van der Waals surface area contributed by atoms with Crippen LogP contribution in [0.2, 0.25) is 0 Å². The Morgan fingerprint density at radius 2 is 2.05 bits per heavy atom. The van der Waals surface area contributed by atoms with Gasteiger partial charge in [0.05, 0.1) is 6.54 Å². The van der Waals surface area contributed by atoms with Crippen LogP contribution in [0, 0.1) is 0 Å². The molecule has 0 N–H and O–H groups in total. The van der Waals surface area contributed by atoms with Crippen molar-refractivity contribution in [3.8, 4) is 0 Å². The van der Waals surface area contributed by atoms with Crippen LogP contribution in [0.1, 0.15) is 38.2 Å². The standard InChI is InChI=1S/C16H22N2O/c1-2-3-5-10-15(19)16-17-11-12-18(16)13-14-8-6-4-7-9-14/h4,6-9H,2-3,5,10-13H2,1H3. The van der Waals surface area contributed by atoms with Crippen molar-refractivity contribution in [2.45, 2.75) is 39.2 Å². The summed E-state index contributed by atoms with van der Waals surface area (Å²) in [7, 11) is 0. The number of benzene rings is 1. The molecule has 3 heteroatoms. The maximum Gasteiger partial charge on any atom is 0.197 e. The minimum Gasteiger partial charge on any atom is -0.348 e. The Morgan fingerprint density at radius 3 is 2.79 bits per heavy atom. The van der Waals surface area contributed by atoms with E-state index in [0.29, 0.717) is 12.3 Å². The van der Waals surface area contributed by atoms with Crippen molar-refractivity contribution in [3.63, 3.8) is 0 Å². The van der Waals surface area contributed by atoms with E-state index in [4.69, 9.17) is 0 Å². The first-order valence-electron chi connectivity index (χ1n) is 7.17. The summed E-state index contributed by atoms with van der Waals surface area (Å²) in [6.45, 7) is 4.56. The lowest BCUT2D eigenvalue weighted by atomic mass is 10.1. The van der Waals surface area contributed by atoms with Gasteiger partial charge in [0, 0.05) is 19.5 Å². The van der Waals surface area contributed by atoms with Gasteiger partial charge in [-0.15, -0.1) is 0 Å². The summed E-state index contributed by atoms with van der Waals surface area (Å²) in [4.78, 5) is 18.6. The number of carbonyl (C=O) groups excluding carboxylic acids is 1. The highest BCUT2D eigenvalue weighted by Crippen LogP contribution is 2.12. The van der Waals surface area contributed by atoms with Crippen LogP contribution in [0.4, 0.5) is 0 Å². The molecule has 0 aliphatic carbocycles. The molecule has 1 aliphatic heterocycles. The number of hydrogen-bond donors (Lipinski definition) is 0. The Kier molecular flexibility index (Phi) is 5.13. The Morgan fingerprint density at radius 1 is 1.26 bits per heavy atom. The first-order valence-corrected chi connectivity index (χ1v) is 7.17. The fourth-order valence-electron chi connectivity index (χ4n) is 2.35. The second kappa shape index (κ2) is 7.07. The largest absolute Gasteiger partial charge is 0.348 e. The lowest BCUT2D eigenvalue weighted by molar-refractivity contribution is -0.113. The first-order chi connectivity index (χ1) is 9.31. The topological polar surface area (TPSA) is 32.7 Å². The molecule has 1 aliphatic rings. The lowest BCUT2D eigenvalue weighted by Gasteiger charge is -2.19. The second-order valence-electron chi connectivity index (χ2n) is 4.99. The van der Waals surface area contributed by atoms with Crippen molar-refractivity contribution in [3.05, 3.63) is 35.9 Å². The van der Waals surface area contributed by atoms with Gasteiger partial charge in [-0.3, -0.25) is 9.79 Å². The number of nitrogens with zero attached hydrogens (tertiary/aromatic N) is 2. The second-order valence-corrected chi connectivity index (χ2v) is 4.99. The fourth-order valence-corrected chi connectivity index (χ4v) is 2.35. The predicted octanol–water partition coefficient (Wildman–Crippen LogP) is 3.05. The third-order valence-corrected chi connectivity index (χ3v) is 3.40. The average molecular weight is 258 g/mol. The molecule has 1 aromatic rings. The SMILES string of the molecule is CCCCCC(=O)C1=NCCN1Cc1ccccc1. The molecule has 2 rings (SSSR count). The molecule has 0 saturated carbocycles. The molecule has 0 amide bonds. The van der Waals surface area contributed by atoms with E-state index in [2.05, 4.69) is 28.9 Å². The zero-order chi connectivity index (χ0) is 13.5. The molecule has 0 aromatic heterocycles. The van der Waals surface area contributed by atoms with Gasteiger partial charge < -0.3 is 4.90 Å². The minimum absolute atomic E-state index is 0.210. The van der Waals surface area contributed by atoms with Gasteiger partial charge in [-0.25, -0.2) is 0 Å². The summed E-state index contributed by atoms with van der Waals surface area (Å²) in [6.07, 6.45) is 3.89. The van der Waals surface area contributed by atoms with Crippen LogP contribution in [0.5, 0.6) is 0 Å². The van der Waals surface area contributed by atoms with E-state index in [0.717, 1.165) is 38.9 Å². The first kappa shape index (κ1) is 13.8. The van der Waals surface area contributed by atoms with Gasteiger partial charge >= 0.3 is 0 Å². The van der Waals surface area contributed by atoms with Crippen molar-refractivity contribution >= 4 is 11.6 Å². The van der Waals surface area contributed by atoms with Gasteiger partial charge in [0.15, 0.2) is 11.6 Å².